The molecule has 0 unspecified atom stereocenters. The van der Waals surface area contributed by atoms with Crippen LogP contribution in [0.2, 0.25) is 0 Å². The number of benzene rings is 1. The van der Waals surface area contributed by atoms with E-state index in [4.69, 9.17) is 9.47 Å². The van der Waals surface area contributed by atoms with Gasteiger partial charge in [0.15, 0.2) is 6.61 Å². The molecular weight excluding hydrogens is 242 g/mol. The van der Waals surface area contributed by atoms with E-state index < -0.39 is 0 Å². The number of aryl methyl sites for hydroxylation is 2. The Bertz CT molecular complexity index is 459. The largest absolute Gasteiger partial charge is 0.484 e. The molecule has 0 saturated carbocycles. The maximum absolute atomic E-state index is 12.0. The van der Waals surface area contributed by atoms with Gasteiger partial charge in [-0.05, 0) is 43.5 Å². The van der Waals surface area contributed by atoms with E-state index in [0.717, 1.165) is 18.7 Å². The van der Waals surface area contributed by atoms with Crippen molar-refractivity contribution in [2.45, 2.75) is 26.4 Å². The number of methoxy groups -OCH3 is 1. The molecule has 104 valence electrons. The lowest BCUT2D eigenvalue weighted by atomic mass is 10.1. The van der Waals surface area contributed by atoms with E-state index in [1.54, 1.807) is 12.0 Å². The van der Waals surface area contributed by atoms with Gasteiger partial charge in [-0.15, -0.1) is 0 Å². The smallest absolute Gasteiger partial charge is 0.260 e. The zero-order chi connectivity index (χ0) is 13.8. The van der Waals surface area contributed by atoms with Crippen molar-refractivity contribution in [3.8, 4) is 5.75 Å². The topological polar surface area (TPSA) is 38.8 Å². The molecule has 0 bridgehead atoms. The molecule has 1 aliphatic rings. The van der Waals surface area contributed by atoms with E-state index in [0.29, 0.717) is 6.54 Å². The van der Waals surface area contributed by atoms with Gasteiger partial charge in [-0.1, -0.05) is 6.07 Å². The molecule has 0 aliphatic carbocycles. The average Bonchev–Trinajstić information content (AvgIpc) is 2.88. The van der Waals surface area contributed by atoms with Crippen LogP contribution in [0.25, 0.3) is 0 Å². The first-order valence-corrected chi connectivity index (χ1v) is 6.61. The SMILES string of the molecule is CO[C@H]1CCN(C(=O)COc2ccc(C)c(C)c2)C1. The summed E-state index contributed by atoms with van der Waals surface area (Å²) in [7, 11) is 1.68. The standard InChI is InChI=1S/C15H21NO3/c1-11-4-5-13(8-12(11)2)19-10-15(17)16-7-6-14(9-16)18-3/h4-5,8,14H,6-7,9-10H2,1-3H3/t14-/m0/s1. The molecule has 1 aromatic rings. The lowest BCUT2D eigenvalue weighted by molar-refractivity contribution is -0.132. The highest BCUT2D eigenvalue weighted by molar-refractivity contribution is 5.78. The van der Waals surface area contributed by atoms with Crippen molar-refractivity contribution in [1.82, 2.24) is 4.90 Å². The Labute approximate surface area is 114 Å². The number of rotatable bonds is 4. The minimum absolute atomic E-state index is 0.0257. The predicted molar refractivity (Wildman–Crippen MR) is 73.4 cm³/mol. The van der Waals surface area contributed by atoms with Crippen LogP contribution in [0.4, 0.5) is 0 Å². The van der Waals surface area contributed by atoms with E-state index in [1.165, 1.54) is 11.1 Å². The van der Waals surface area contributed by atoms with Gasteiger partial charge in [0.05, 0.1) is 6.10 Å². The molecule has 4 heteroatoms. The number of carbonyl (C=O) groups is 1. The molecular formula is C15H21NO3. The van der Waals surface area contributed by atoms with E-state index >= 15 is 0 Å². The molecule has 0 spiro atoms. The highest BCUT2D eigenvalue weighted by Gasteiger charge is 2.26. The quantitative estimate of drug-likeness (QED) is 0.833. The Hall–Kier alpha value is -1.55. The van der Waals surface area contributed by atoms with Gasteiger partial charge >= 0.3 is 0 Å². The van der Waals surface area contributed by atoms with Crippen molar-refractivity contribution >= 4 is 5.91 Å². The van der Waals surface area contributed by atoms with Crippen LogP contribution in [0.5, 0.6) is 5.75 Å². The minimum atomic E-state index is 0.0257. The van der Waals surface area contributed by atoms with Gasteiger partial charge in [0.25, 0.3) is 5.91 Å². The highest BCUT2D eigenvalue weighted by atomic mass is 16.5. The van der Waals surface area contributed by atoms with E-state index in [1.807, 2.05) is 25.1 Å². The van der Waals surface area contributed by atoms with Gasteiger partial charge in [-0.3, -0.25) is 4.79 Å². The number of likely N-dealkylation sites (tertiary alicyclic amines) is 1. The lowest BCUT2D eigenvalue weighted by Crippen LogP contribution is -2.33. The summed E-state index contributed by atoms with van der Waals surface area (Å²) in [6.07, 6.45) is 1.08. The fourth-order valence-electron chi connectivity index (χ4n) is 2.19. The number of nitrogens with zero attached hydrogens (tertiary/aromatic N) is 1. The molecule has 0 radical (unpaired) electrons. The molecule has 1 aromatic carbocycles. The molecule has 0 aromatic heterocycles. The molecule has 1 heterocycles. The number of amides is 1. The third kappa shape index (κ3) is 3.47. The fraction of sp³-hybridized carbons (Fsp3) is 0.533. The lowest BCUT2D eigenvalue weighted by Gasteiger charge is -2.16. The predicted octanol–water partition coefficient (Wildman–Crippen LogP) is 1.93. The molecule has 1 atom stereocenters. The van der Waals surface area contributed by atoms with Gasteiger partial charge < -0.3 is 14.4 Å². The van der Waals surface area contributed by atoms with Crippen molar-refractivity contribution in [2.75, 3.05) is 26.8 Å². The Balaban J connectivity index is 1.85. The minimum Gasteiger partial charge on any atom is -0.484 e. The zero-order valence-corrected chi connectivity index (χ0v) is 11.8. The second-order valence-electron chi connectivity index (χ2n) is 5.02. The van der Waals surface area contributed by atoms with Crippen molar-refractivity contribution in [3.05, 3.63) is 29.3 Å². The summed E-state index contributed by atoms with van der Waals surface area (Å²) in [5, 5.41) is 0. The van der Waals surface area contributed by atoms with Crippen molar-refractivity contribution in [3.63, 3.8) is 0 Å². The maximum Gasteiger partial charge on any atom is 0.260 e. The normalized spacial score (nSPS) is 18.7. The fourth-order valence-corrected chi connectivity index (χ4v) is 2.19. The Morgan fingerprint density at radius 2 is 2.16 bits per heavy atom. The summed E-state index contributed by atoms with van der Waals surface area (Å²) in [6, 6.07) is 5.87. The molecule has 19 heavy (non-hydrogen) atoms. The van der Waals surface area contributed by atoms with E-state index in [2.05, 4.69) is 6.92 Å². The second-order valence-corrected chi connectivity index (χ2v) is 5.02. The van der Waals surface area contributed by atoms with Crippen molar-refractivity contribution < 1.29 is 14.3 Å². The summed E-state index contributed by atoms with van der Waals surface area (Å²) >= 11 is 0. The molecule has 1 fully saturated rings. The van der Waals surface area contributed by atoms with Crippen LogP contribution in [0.3, 0.4) is 0 Å². The second kappa shape index (κ2) is 6.06. The number of hydrogen-bond donors (Lipinski definition) is 0. The van der Waals surface area contributed by atoms with Crippen LogP contribution in [-0.4, -0.2) is 43.7 Å². The first-order chi connectivity index (χ1) is 9.10. The van der Waals surface area contributed by atoms with Crippen LogP contribution in [0.15, 0.2) is 18.2 Å². The summed E-state index contributed by atoms with van der Waals surface area (Å²) in [5.74, 6) is 0.775. The Kier molecular flexibility index (Phi) is 4.43. The summed E-state index contributed by atoms with van der Waals surface area (Å²) in [6.45, 7) is 5.62. The number of hydrogen-bond acceptors (Lipinski definition) is 3. The van der Waals surface area contributed by atoms with E-state index in [9.17, 15) is 4.79 Å². The molecule has 4 nitrogen and oxygen atoms in total. The zero-order valence-electron chi connectivity index (χ0n) is 11.8. The van der Waals surface area contributed by atoms with Gasteiger partial charge in [0.2, 0.25) is 0 Å². The summed E-state index contributed by atoms with van der Waals surface area (Å²) in [4.78, 5) is 13.8. The average molecular weight is 263 g/mol. The monoisotopic (exact) mass is 263 g/mol. The first-order valence-electron chi connectivity index (χ1n) is 6.61. The third-order valence-corrected chi connectivity index (χ3v) is 3.67. The molecule has 0 N–H and O–H groups in total. The third-order valence-electron chi connectivity index (χ3n) is 3.67. The van der Waals surface area contributed by atoms with Crippen LogP contribution >= 0.6 is 0 Å². The van der Waals surface area contributed by atoms with Crippen LogP contribution in [0, 0.1) is 13.8 Å². The molecule has 1 amide bonds. The van der Waals surface area contributed by atoms with Gasteiger partial charge in [0.1, 0.15) is 5.75 Å². The number of ether oxygens (including phenoxy) is 2. The molecule has 2 rings (SSSR count). The van der Waals surface area contributed by atoms with Gasteiger partial charge in [-0.2, -0.15) is 0 Å². The summed E-state index contributed by atoms with van der Waals surface area (Å²) < 4.78 is 10.8. The summed E-state index contributed by atoms with van der Waals surface area (Å²) in [5.41, 5.74) is 2.40. The van der Waals surface area contributed by atoms with Gasteiger partial charge in [0, 0.05) is 20.2 Å². The van der Waals surface area contributed by atoms with Crippen molar-refractivity contribution in [2.24, 2.45) is 0 Å². The van der Waals surface area contributed by atoms with Crippen LogP contribution < -0.4 is 4.74 Å². The Morgan fingerprint density at radius 1 is 1.37 bits per heavy atom. The van der Waals surface area contributed by atoms with Crippen LogP contribution in [0.1, 0.15) is 17.5 Å². The maximum atomic E-state index is 12.0. The van der Waals surface area contributed by atoms with Gasteiger partial charge in [-0.25, -0.2) is 0 Å². The Morgan fingerprint density at radius 3 is 2.79 bits per heavy atom. The molecule has 1 saturated heterocycles. The van der Waals surface area contributed by atoms with E-state index in [-0.39, 0.29) is 18.6 Å². The highest BCUT2D eigenvalue weighted by Crippen LogP contribution is 2.17. The number of carbonyl (C=O) groups excluding carboxylic acids is 1. The molecule has 1 aliphatic heterocycles. The van der Waals surface area contributed by atoms with Crippen molar-refractivity contribution in [1.29, 1.82) is 0 Å². The van der Waals surface area contributed by atoms with Crippen LogP contribution in [-0.2, 0) is 9.53 Å². The first kappa shape index (κ1) is 13.9.